The van der Waals surface area contributed by atoms with Crippen LogP contribution in [0.1, 0.15) is 35.7 Å². The molecule has 0 aliphatic heterocycles. The van der Waals surface area contributed by atoms with E-state index in [2.05, 4.69) is 19.1 Å². The molecule has 0 atom stereocenters. The molecule has 3 nitrogen and oxygen atoms in total. The van der Waals surface area contributed by atoms with Crippen molar-refractivity contribution in [2.24, 2.45) is 0 Å². The predicted octanol–water partition coefficient (Wildman–Crippen LogP) is 3.89. The van der Waals surface area contributed by atoms with Gasteiger partial charge in [0.2, 0.25) is 0 Å². The van der Waals surface area contributed by atoms with Crippen LogP contribution in [-0.4, -0.2) is 13.0 Å². The monoisotopic (exact) mass is 282 g/mol. The summed E-state index contributed by atoms with van der Waals surface area (Å²) in [6, 6.07) is 15.2. The molecule has 3 heteroatoms. The van der Waals surface area contributed by atoms with Crippen molar-refractivity contribution in [2.75, 3.05) is 17.7 Å². The van der Waals surface area contributed by atoms with E-state index in [4.69, 9.17) is 5.73 Å². The van der Waals surface area contributed by atoms with E-state index in [0.29, 0.717) is 11.3 Å². The van der Waals surface area contributed by atoms with Crippen LogP contribution in [0.15, 0.2) is 48.5 Å². The predicted molar refractivity (Wildman–Crippen MR) is 88.6 cm³/mol. The van der Waals surface area contributed by atoms with E-state index in [1.807, 2.05) is 12.1 Å². The number of anilines is 2. The average Bonchev–Trinajstić information content (AvgIpc) is 2.53. The number of unbranched alkanes of at least 4 members (excludes halogenated alkanes) is 1. The van der Waals surface area contributed by atoms with Gasteiger partial charge < -0.3 is 10.6 Å². The van der Waals surface area contributed by atoms with Crippen LogP contribution in [0, 0.1) is 0 Å². The van der Waals surface area contributed by atoms with Gasteiger partial charge in [-0.15, -0.1) is 0 Å². The van der Waals surface area contributed by atoms with Gasteiger partial charge in [-0.25, -0.2) is 0 Å². The van der Waals surface area contributed by atoms with Crippen LogP contribution in [0.5, 0.6) is 0 Å². The summed E-state index contributed by atoms with van der Waals surface area (Å²) >= 11 is 0. The topological polar surface area (TPSA) is 46.3 Å². The molecule has 1 amide bonds. The molecule has 0 bridgehead atoms. The van der Waals surface area contributed by atoms with E-state index in [9.17, 15) is 4.79 Å². The largest absolute Gasteiger partial charge is 0.399 e. The Hall–Kier alpha value is -2.29. The molecule has 2 N–H and O–H groups in total. The molecule has 21 heavy (non-hydrogen) atoms. The number of rotatable bonds is 5. The van der Waals surface area contributed by atoms with Crippen molar-refractivity contribution < 1.29 is 4.79 Å². The van der Waals surface area contributed by atoms with Crippen LogP contribution in [-0.2, 0) is 6.42 Å². The highest BCUT2D eigenvalue weighted by atomic mass is 16.2. The molecule has 0 fully saturated rings. The minimum atomic E-state index is -0.0312. The summed E-state index contributed by atoms with van der Waals surface area (Å²) in [4.78, 5) is 14.1. The van der Waals surface area contributed by atoms with Gasteiger partial charge in [0.05, 0.1) is 0 Å². The number of carbonyl (C=O) groups is 1. The van der Waals surface area contributed by atoms with E-state index >= 15 is 0 Å². The first-order valence-electron chi connectivity index (χ1n) is 7.34. The summed E-state index contributed by atoms with van der Waals surface area (Å²) < 4.78 is 0. The van der Waals surface area contributed by atoms with Gasteiger partial charge in [0.1, 0.15) is 0 Å². The Kier molecular flexibility index (Phi) is 4.99. The van der Waals surface area contributed by atoms with Gasteiger partial charge in [0.15, 0.2) is 0 Å². The first kappa shape index (κ1) is 15.1. The molecule has 2 aromatic carbocycles. The fraction of sp³-hybridized carbons (Fsp3) is 0.278. The van der Waals surface area contributed by atoms with Crippen LogP contribution in [0.3, 0.4) is 0 Å². The molecule has 0 heterocycles. The number of nitrogens with two attached hydrogens (primary N) is 1. The smallest absolute Gasteiger partial charge is 0.258 e. The number of amides is 1. The van der Waals surface area contributed by atoms with Gasteiger partial charge >= 0.3 is 0 Å². The highest BCUT2D eigenvalue weighted by Gasteiger charge is 2.13. The Bertz CT molecular complexity index is 588. The first-order valence-corrected chi connectivity index (χ1v) is 7.34. The van der Waals surface area contributed by atoms with Crippen LogP contribution in [0.2, 0.25) is 0 Å². The maximum atomic E-state index is 12.4. The second kappa shape index (κ2) is 6.93. The van der Waals surface area contributed by atoms with Crippen molar-refractivity contribution >= 4 is 17.3 Å². The average molecular weight is 282 g/mol. The van der Waals surface area contributed by atoms with Crippen molar-refractivity contribution in [1.82, 2.24) is 0 Å². The van der Waals surface area contributed by atoms with Gasteiger partial charge in [0.25, 0.3) is 5.91 Å². The van der Waals surface area contributed by atoms with Gasteiger partial charge in [-0.2, -0.15) is 0 Å². The molecule has 2 aromatic rings. The van der Waals surface area contributed by atoms with Crippen molar-refractivity contribution in [3.63, 3.8) is 0 Å². The zero-order valence-electron chi connectivity index (χ0n) is 12.7. The Morgan fingerprint density at radius 3 is 2.24 bits per heavy atom. The second-order valence-corrected chi connectivity index (χ2v) is 5.26. The molecular formula is C18H22N2O. The molecule has 2 rings (SSSR count). The Morgan fingerprint density at radius 1 is 1.05 bits per heavy atom. The minimum absolute atomic E-state index is 0.0312. The Morgan fingerprint density at radius 2 is 1.67 bits per heavy atom. The Labute approximate surface area is 126 Å². The summed E-state index contributed by atoms with van der Waals surface area (Å²) in [5.74, 6) is -0.0312. The highest BCUT2D eigenvalue weighted by molar-refractivity contribution is 6.05. The standard InChI is InChI=1S/C18H22N2O/c1-3-4-5-14-6-12-17(13-7-14)20(2)18(21)15-8-10-16(19)11-9-15/h6-13H,3-5,19H2,1-2H3. The van der Waals surface area contributed by atoms with Crippen molar-refractivity contribution in [3.8, 4) is 0 Å². The van der Waals surface area contributed by atoms with Crippen LogP contribution < -0.4 is 10.6 Å². The highest BCUT2D eigenvalue weighted by Crippen LogP contribution is 2.18. The second-order valence-electron chi connectivity index (χ2n) is 5.26. The maximum absolute atomic E-state index is 12.4. The fourth-order valence-electron chi connectivity index (χ4n) is 2.20. The zero-order valence-corrected chi connectivity index (χ0v) is 12.7. The van der Waals surface area contributed by atoms with E-state index in [1.165, 1.54) is 18.4 Å². The summed E-state index contributed by atoms with van der Waals surface area (Å²) in [5, 5.41) is 0. The maximum Gasteiger partial charge on any atom is 0.258 e. The van der Waals surface area contributed by atoms with Gasteiger partial charge in [-0.05, 0) is 54.8 Å². The molecule has 110 valence electrons. The number of hydrogen-bond donors (Lipinski definition) is 1. The van der Waals surface area contributed by atoms with Crippen molar-refractivity contribution in [1.29, 1.82) is 0 Å². The van der Waals surface area contributed by atoms with E-state index in [-0.39, 0.29) is 5.91 Å². The summed E-state index contributed by atoms with van der Waals surface area (Å²) in [7, 11) is 1.79. The molecule has 0 radical (unpaired) electrons. The molecular weight excluding hydrogens is 260 g/mol. The fourth-order valence-corrected chi connectivity index (χ4v) is 2.20. The number of benzene rings is 2. The van der Waals surface area contributed by atoms with Gasteiger partial charge in [-0.1, -0.05) is 25.5 Å². The number of aryl methyl sites for hydroxylation is 1. The van der Waals surface area contributed by atoms with Crippen molar-refractivity contribution in [3.05, 3.63) is 59.7 Å². The van der Waals surface area contributed by atoms with Crippen molar-refractivity contribution in [2.45, 2.75) is 26.2 Å². The molecule has 0 unspecified atom stereocenters. The lowest BCUT2D eigenvalue weighted by atomic mass is 10.1. The van der Waals surface area contributed by atoms with Gasteiger partial charge in [0, 0.05) is 24.0 Å². The normalized spacial score (nSPS) is 10.4. The summed E-state index contributed by atoms with van der Waals surface area (Å²) in [6.45, 7) is 2.19. The lowest BCUT2D eigenvalue weighted by Crippen LogP contribution is -2.26. The van der Waals surface area contributed by atoms with Crippen LogP contribution in [0.4, 0.5) is 11.4 Å². The summed E-state index contributed by atoms with van der Waals surface area (Å²) in [5.41, 5.74) is 9.16. The zero-order chi connectivity index (χ0) is 15.2. The summed E-state index contributed by atoms with van der Waals surface area (Å²) in [6.07, 6.45) is 3.48. The number of carbonyl (C=O) groups excluding carboxylic acids is 1. The minimum Gasteiger partial charge on any atom is -0.399 e. The molecule has 0 saturated heterocycles. The van der Waals surface area contributed by atoms with E-state index in [1.54, 1.807) is 36.2 Å². The number of nitrogen functional groups attached to an aromatic ring is 1. The Balaban J connectivity index is 2.10. The third kappa shape index (κ3) is 3.85. The molecule has 0 aliphatic carbocycles. The lowest BCUT2D eigenvalue weighted by Gasteiger charge is -2.18. The first-order chi connectivity index (χ1) is 10.1. The third-order valence-corrected chi connectivity index (χ3v) is 3.60. The quantitative estimate of drug-likeness (QED) is 0.846. The molecule has 0 aromatic heterocycles. The SMILES string of the molecule is CCCCc1ccc(N(C)C(=O)c2ccc(N)cc2)cc1. The van der Waals surface area contributed by atoms with Gasteiger partial charge in [-0.3, -0.25) is 4.79 Å². The lowest BCUT2D eigenvalue weighted by molar-refractivity contribution is 0.0993. The van der Waals surface area contributed by atoms with Crippen LogP contribution >= 0.6 is 0 Å². The molecule has 0 spiro atoms. The van der Waals surface area contributed by atoms with E-state index < -0.39 is 0 Å². The van der Waals surface area contributed by atoms with Crippen LogP contribution in [0.25, 0.3) is 0 Å². The molecule has 0 saturated carbocycles. The third-order valence-electron chi connectivity index (χ3n) is 3.60. The van der Waals surface area contributed by atoms with E-state index in [0.717, 1.165) is 12.1 Å². The number of hydrogen-bond acceptors (Lipinski definition) is 2. The number of nitrogens with zero attached hydrogens (tertiary/aromatic N) is 1. The molecule has 0 aliphatic rings.